The summed E-state index contributed by atoms with van der Waals surface area (Å²) in [6.45, 7) is 5.16. The van der Waals surface area contributed by atoms with E-state index in [0.29, 0.717) is 10.6 Å². The first-order valence-electron chi connectivity index (χ1n) is 7.57. The average Bonchev–Trinajstić information content (AvgIpc) is 2.55. The van der Waals surface area contributed by atoms with Gasteiger partial charge < -0.3 is 10.2 Å². The Balaban J connectivity index is 1.96. The molecule has 1 saturated heterocycles. The van der Waals surface area contributed by atoms with Gasteiger partial charge in [-0.3, -0.25) is 4.79 Å². The van der Waals surface area contributed by atoms with Crippen LogP contribution in [-0.4, -0.2) is 36.0 Å². The summed E-state index contributed by atoms with van der Waals surface area (Å²) in [5.41, 5.74) is 0.132. The molecule has 2 aromatic rings. The highest BCUT2D eigenvalue weighted by atomic mass is 35.5. The van der Waals surface area contributed by atoms with Crippen LogP contribution in [0.25, 0.3) is 0 Å². The molecule has 122 valence electrons. The molecule has 1 aliphatic rings. The number of aromatic nitrogens is 2. The molecular formula is C16H18ClFN4O. The number of anilines is 1. The maximum atomic E-state index is 14.1. The smallest absolute Gasteiger partial charge is 0.267 e. The van der Waals surface area contributed by atoms with Crippen molar-refractivity contribution in [3.8, 4) is 0 Å². The van der Waals surface area contributed by atoms with E-state index in [1.807, 2.05) is 0 Å². The lowest BCUT2D eigenvalue weighted by Crippen LogP contribution is -2.44. The van der Waals surface area contributed by atoms with Gasteiger partial charge in [-0.2, -0.15) is 5.10 Å². The van der Waals surface area contributed by atoms with Gasteiger partial charge in [0.05, 0.1) is 6.04 Å². The van der Waals surface area contributed by atoms with Gasteiger partial charge in [-0.25, -0.2) is 9.07 Å². The Morgan fingerprint density at radius 1 is 1.26 bits per heavy atom. The summed E-state index contributed by atoms with van der Waals surface area (Å²) in [7, 11) is 0. The molecular weight excluding hydrogens is 319 g/mol. The predicted molar refractivity (Wildman–Crippen MR) is 88.8 cm³/mol. The van der Waals surface area contributed by atoms with Crippen LogP contribution >= 0.6 is 11.6 Å². The molecule has 0 saturated carbocycles. The molecule has 23 heavy (non-hydrogen) atoms. The lowest BCUT2D eigenvalue weighted by molar-refractivity contribution is 0.493. The molecule has 1 unspecified atom stereocenters. The fraction of sp³-hybridized carbons (Fsp3) is 0.375. The number of rotatable bonds is 3. The standard InChI is InChI=1S/C16H18ClFN4O/c1-11(13-3-2-12(17)10-14(13)18)22-16(23)5-4-15(20-22)21-8-6-19-7-9-21/h2-5,10-11,19H,6-9H2,1H3. The van der Waals surface area contributed by atoms with E-state index in [-0.39, 0.29) is 5.56 Å². The third kappa shape index (κ3) is 3.38. The topological polar surface area (TPSA) is 50.2 Å². The molecule has 2 heterocycles. The molecule has 1 fully saturated rings. The molecule has 0 amide bonds. The minimum Gasteiger partial charge on any atom is -0.353 e. The summed E-state index contributed by atoms with van der Waals surface area (Å²) in [5.74, 6) is 0.290. The van der Waals surface area contributed by atoms with E-state index in [1.165, 1.54) is 16.8 Å². The number of hydrogen-bond acceptors (Lipinski definition) is 4. The average molecular weight is 337 g/mol. The van der Waals surface area contributed by atoms with Crippen LogP contribution in [-0.2, 0) is 0 Å². The van der Waals surface area contributed by atoms with E-state index >= 15 is 0 Å². The molecule has 1 aromatic carbocycles. The van der Waals surface area contributed by atoms with E-state index in [2.05, 4.69) is 15.3 Å². The molecule has 5 nitrogen and oxygen atoms in total. The molecule has 1 N–H and O–H groups in total. The van der Waals surface area contributed by atoms with E-state index in [1.54, 1.807) is 25.1 Å². The van der Waals surface area contributed by atoms with Crippen LogP contribution in [0.15, 0.2) is 35.1 Å². The van der Waals surface area contributed by atoms with Gasteiger partial charge in [-0.1, -0.05) is 17.7 Å². The maximum absolute atomic E-state index is 14.1. The largest absolute Gasteiger partial charge is 0.353 e. The third-order valence-corrected chi connectivity index (χ3v) is 4.27. The lowest BCUT2D eigenvalue weighted by Gasteiger charge is -2.29. The van der Waals surface area contributed by atoms with Gasteiger partial charge in [0.15, 0.2) is 0 Å². The zero-order valence-electron chi connectivity index (χ0n) is 12.8. The van der Waals surface area contributed by atoms with Gasteiger partial charge in [0.1, 0.15) is 11.6 Å². The van der Waals surface area contributed by atoms with Gasteiger partial charge in [-0.15, -0.1) is 0 Å². The van der Waals surface area contributed by atoms with Gasteiger partial charge in [0.2, 0.25) is 0 Å². The Morgan fingerprint density at radius 3 is 2.70 bits per heavy atom. The van der Waals surface area contributed by atoms with Crippen LogP contribution in [0, 0.1) is 5.82 Å². The third-order valence-electron chi connectivity index (χ3n) is 4.03. The van der Waals surface area contributed by atoms with Crippen LogP contribution in [0.5, 0.6) is 0 Å². The molecule has 1 aromatic heterocycles. The second-order valence-electron chi connectivity index (χ2n) is 5.55. The fourth-order valence-corrected chi connectivity index (χ4v) is 2.89. The predicted octanol–water partition coefficient (Wildman–Crippen LogP) is 2.05. The summed E-state index contributed by atoms with van der Waals surface area (Å²) >= 11 is 5.79. The molecule has 0 aliphatic carbocycles. The molecule has 0 bridgehead atoms. The zero-order valence-corrected chi connectivity index (χ0v) is 13.6. The molecule has 0 radical (unpaired) electrons. The molecule has 3 rings (SSSR count). The van der Waals surface area contributed by atoms with Crippen LogP contribution < -0.4 is 15.8 Å². The van der Waals surface area contributed by atoms with E-state index in [9.17, 15) is 9.18 Å². The number of nitrogens with zero attached hydrogens (tertiary/aromatic N) is 3. The summed E-state index contributed by atoms with van der Waals surface area (Å²) in [5, 5.41) is 8.04. The van der Waals surface area contributed by atoms with E-state index < -0.39 is 11.9 Å². The molecule has 7 heteroatoms. The highest BCUT2D eigenvalue weighted by Gasteiger charge is 2.18. The van der Waals surface area contributed by atoms with E-state index in [0.717, 1.165) is 32.0 Å². The van der Waals surface area contributed by atoms with Crippen molar-refractivity contribution in [2.24, 2.45) is 0 Å². The number of hydrogen-bond donors (Lipinski definition) is 1. The normalized spacial score (nSPS) is 16.4. The van der Waals surface area contributed by atoms with Crippen molar-refractivity contribution in [2.45, 2.75) is 13.0 Å². The van der Waals surface area contributed by atoms with Crippen LogP contribution in [0.4, 0.5) is 10.2 Å². The molecule has 0 spiro atoms. The Hall–Kier alpha value is -1.92. The van der Waals surface area contributed by atoms with Crippen molar-refractivity contribution in [3.63, 3.8) is 0 Å². The highest BCUT2D eigenvalue weighted by Crippen LogP contribution is 2.23. The quantitative estimate of drug-likeness (QED) is 0.932. The van der Waals surface area contributed by atoms with Gasteiger partial charge in [0, 0.05) is 42.8 Å². The minimum atomic E-state index is -0.511. The van der Waals surface area contributed by atoms with Gasteiger partial charge in [-0.05, 0) is 25.1 Å². The first-order chi connectivity index (χ1) is 11.1. The Bertz CT molecular complexity index is 758. The number of halogens is 2. The van der Waals surface area contributed by atoms with E-state index in [4.69, 9.17) is 11.6 Å². The number of benzene rings is 1. The molecule has 1 atom stereocenters. The van der Waals surface area contributed by atoms with Crippen molar-refractivity contribution in [1.29, 1.82) is 0 Å². The van der Waals surface area contributed by atoms with Gasteiger partial charge in [0.25, 0.3) is 5.56 Å². The first kappa shape index (κ1) is 16.0. The van der Waals surface area contributed by atoms with Crippen molar-refractivity contribution in [3.05, 3.63) is 57.1 Å². The first-order valence-corrected chi connectivity index (χ1v) is 7.94. The second kappa shape index (κ2) is 6.68. The molecule has 1 aliphatic heterocycles. The van der Waals surface area contributed by atoms with Crippen molar-refractivity contribution >= 4 is 17.4 Å². The summed E-state index contributed by atoms with van der Waals surface area (Å²) in [6, 6.07) is 7.14. The Labute approximate surface area is 138 Å². The summed E-state index contributed by atoms with van der Waals surface area (Å²) < 4.78 is 15.5. The van der Waals surface area contributed by atoms with Crippen LogP contribution in [0.2, 0.25) is 5.02 Å². The van der Waals surface area contributed by atoms with Crippen molar-refractivity contribution in [2.75, 3.05) is 31.1 Å². The minimum absolute atomic E-state index is 0.259. The summed E-state index contributed by atoms with van der Waals surface area (Å²) in [4.78, 5) is 14.3. The van der Waals surface area contributed by atoms with Crippen LogP contribution in [0.3, 0.4) is 0 Å². The maximum Gasteiger partial charge on any atom is 0.267 e. The Morgan fingerprint density at radius 2 is 2.00 bits per heavy atom. The van der Waals surface area contributed by atoms with Gasteiger partial charge >= 0.3 is 0 Å². The summed E-state index contributed by atoms with van der Waals surface area (Å²) in [6.07, 6.45) is 0. The Kier molecular flexibility index (Phi) is 4.63. The highest BCUT2D eigenvalue weighted by molar-refractivity contribution is 6.30. The van der Waals surface area contributed by atoms with Crippen molar-refractivity contribution < 1.29 is 4.39 Å². The number of nitrogens with one attached hydrogen (secondary N) is 1. The fourth-order valence-electron chi connectivity index (χ4n) is 2.73. The van der Waals surface area contributed by atoms with Crippen molar-refractivity contribution in [1.82, 2.24) is 15.1 Å². The zero-order chi connectivity index (χ0) is 16.4. The second-order valence-corrected chi connectivity index (χ2v) is 5.99. The monoisotopic (exact) mass is 336 g/mol. The SMILES string of the molecule is CC(c1ccc(Cl)cc1F)n1nc(N2CCNCC2)ccc1=O. The lowest BCUT2D eigenvalue weighted by atomic mass is 10.1. The number of piperazine rings is 1. The van der Waals surface area contributed by atoms with Crippen LogP contribution in [0.1, 0.15) is 18.5 Å².